The molecule has 6 unspecified atom stereocenters. The maximum absolute atomic E-state index is 13.9. The average Bonchev–Trinajstić information content (AvgIpc) is 3.80. The van der Waals surface area contributed by atoms with E-state index in [9.17, 15) is 29.4 Å². The first-order valence-electron chi connectivity index (χ1n) is 15.6. The normalized spacial score (nSPS) is 23.4. The van der Waals surface area contributed by atoms with Crippen molar-refractivity contribution in [2.24, 2.45) is 0 Å². The van der Waals surface area contributed by atoms with Gasteiger partial charge in [-0.05, 0) is 63.6 Å². The van der Waals surface area contributed by atoms with Gasteiger partial charge in [-0.3, -0.25) is 24.1 Å². The van der Waals surface area contributed by atoms with Crippen LogP contribution in [0.1, 0.15) is 57.6 Å². The molecule has 1 aromatic rings. The van der Waals surface area contributed by atoms with Crippen molar-refractivity contribution in [3.8, 4) is 5.75 Å². The van der Waals surface area contributed by atoms with Gasteiger partial charge in [0.05, 0.1) is 45.6 Å². The van der Waals surface area contributed by atoms with Crippen LogP contribution in [0.4, 0.5) is 0 Å². The van der Waals surface area contributed by atoms with Crippen molar-refractivity contribution >= 4 is 23.5 Å². The Morgan fingerprint density at radius 2 is 1.67 bits per heavy atom. The van der Waals surface area contributed by atoms with Gasteiger partial charge in [-0.25, -0.2) is 0 Å². The number of aliphatic hydroxyl groups excluding tert-OH is 2. The minimum Gasteiger partial charge on any atom is -0.497 e. The Balaban J connectivity index is 1.54. The minimum atomic E-state index is -1.58. The number of benzene rings is 1. The number of rotatable bonds is 15. The second-order valence-electron chi connectivity index (χ2n) is 12.1. The highest BCUT2D eigenvalue weighted by molar-refractivity contribution is 5.99. The molecule has 3 aliphatic rings. The molecule has 1 aliphatic carbocycles. The van der Waals surface area contributed by atoms with Gasteiger partial charge in [0.2, 0.25) is 17.7 Å². The SMILES string of the molecule is COc1ccc(C(O)C(NC(=O)C(NC(=O)CN2CCOCC2)C(C)O)C(=O)NC(CC2=CCCCC2)C(=O)C2(C)CO2)cc1. The van der Waals surface area contributed by atoms with Crippen LogP contribution >= 0.6 is 0 Å². The molecule has 0 aromatic heterocycles. The molecule has 248 valence electrons. The zero-order valence-electron chi connectivity index (χ0n) is 26.3. The summed E-state index contributed by atoms with van der Waals surface area (Å²) in [5, 5.41) is 29.7. The number of morpholine rings is 1. The molecule has 0 saturated carbocycles. The van der Waals surface area contributed by atoms with Crippen molar-refractivity contribution in [2.45, 2.75) is 81.9 Å². The van der Waals surface area contributed by atoms with Crippen molar-refractivity contribution in [3.63, 3.8) is 0 Å². The summed E-state index contributed by atoms with van der Waals surface area (Å²) in [4.78, 5) is 55.6. The molecule has 6 atom stereocenters. The molecule has 2 saturated heterocycles. The summed E-state index contributed by atoms with van der Waals surface area (Å²) in [5.74, 6) is -1.92. The van der Waals surface area contributed by atoms with E-state index in [-0.39, 0.29) is 25.4 Å². The molecule has 0 bridgehead atoms. The van der Waals surface area contributed by atoms with Crippen LogP contribution in [0, 0.1) is 0 Å². The molecule has 45 heavy (non-hydrogen) atoms. The van der Waals surface area contributed by atoms with Gasteiger partial charge < -0.3 is 40.4 Å². The largest absolute Gasteiger partial charge is 0.497 e. The quantitative estimate of drug-likeness (QED) is 0.132. The molecule has 0 spiro atoms. The van der Waals surface area contributed by atoms with E-state index in [1.54, 1.807) is 31.2 Å². The van der Waals surface area contributed by atoms with Crippen molar-refractivity contribution in [2.75, 3.05) is 46.6 Å². The number of nitrogens with one attached hydrogen (secondary N) is 3. The summed E-state index contributed by atoms with van der Waals surface area (Å²) in [7, 11) is 1.49. The Morgan fingerprint density at radius 3 is 2.24 bits per heavy atom. The van der Waals surface area contributed by atoms with E-state index < -0.39 is 53.7 Å². The number of hydrogen-bond acceptors (Lipinski definition) is 10. The van der Waals surface area contributed by atoms with Gasteiger partial charge in [-0.1, -0.05) is 23.8 Å². The first-order chi connectivity index (χ1) is 21.5. The van der Waals surface area contributed by atoms with E-state index in [1.807, 2.05) is 4.90 Å². The van der Waals surface area contributed by atoms with E-state index in [4.69, 9.17) is 14.2 Å². The van der Waals surface area contributed by atoms with Gasteiger partial charge >= 0.3 is 0 Å². The molecule has 13 heteroatoms. The van der Waals surface area contributed by atoms with Gasteiger partial charge in [0.1, 0.15) is 29.5 Å². The van der Waals surface area contributed by atoms with Crippen LogP contribution in [0.5, 0.6) is 5.75 Å². The molecule has 2 fully saturated rings. The first kappa shape index (κ1) is 34.5. The van der Waals surface area contributed by atoms with E-state index in [0.29, 0.717) is 37.6 Å². The molecule has 13 nitrogen and oxygen atoms in total. The van der Waals surface area contributed by atoms with Crippen LogP contribution in [-0.4, -0.2) is 115 Å². The van der Waals surface area contributed by atoms with E-state index in [2.05, 4.69) is 22.0 Å². The highest BCUT2D eigenvalue weighted by Gasteiger charge is 2.50. The van der Waals surface area contributed by atoms with Crippen molar-refractivity contribution in [1.29, 1.82) is 0 Å². The smallest absolute Gasteiger partial charge is 0.246 e. The summed E-state index contributed by atoms with van der Waals surface area (Å²) >= 11 is 0. The topological polar surface area (TPSA) is 179 Å². The maximum atomic E-state index is 13.9. The molecular weight excluding hydrogens is 584 g/mol. The van der Waals surface area contributed by atoms with Crippen molar-refractivity contribution in [3.05, 3.63) is 41.5 Å². The lowest BCUT2D eigenvalue weighted by Gasteiger charge is -2.30. The zero-order valence-corrected chi connectivity index (χ0v) is 26.3. The number of ether oxygens (including phenoxy) is 3. The number of nitrogens with zero attached hydrogens (tertiary/aromatic N) is 1. The number of hydrogen-bond donors (Lipinski definition) is 5. The Morgan fingerprint density at radius 1 is 1.00 bits per heavy atom. The van der Waals surface area contributed by atoms with E-state index >= 15 is 0 Å². The van der Waals surface area contributed by atoms with Crippen LogP contribution in [0.2, 0.25) is 0 Å². The van der Waals surface area contributed by atoms with E-state index in [0.717, 1.165) is 31.3 Å². The standard InChI is InChI=1S/C32H46N4O9/c1-20(37)26(34-25(38)18-36-13-15-44-16-14-36)30(41)35-27(28(39)22-9-11-23(43-3)12-10-22)31(42)33-24(29(40)32(2)19-45-32)17-21-7-5-4-6-8-21/h7,9-12,20,24,26-28,37,39H,4-6,8,13-19H2,1-3H3,(H,33,42)(H,34,38)(H,35,41). The number of allylic oxidation sites excluding steroid dienone is 1. The van der Waals surface area contributed by atoms with Crippen LogP contribution in [0.3, 0.4) is 0 Å². The number of amides is 3. The third-order valence-electron chi connectivity index (χ3n) is 8.49. The van der Waals surface area contributed by atoms with Gasteiger partial charge in [0.15, 0.2) is 5.78 Å². The molecule has 0 radical (unpaired) electrons. The highest BCUT2D eigenvalue weighted by Crippen LogP contribution is 2.31. The summed E-state index contributed by atoms with van der Waals surface area (Å²) in [6, 6.07) is 2.38. The molecule has 2 heterocycles. The second-order valence-corrected chi connectivity index (χ2v) is 12.1. The fourth-order valence-corrected chi connectivity index (χ4v) is 5.55. The summed E-state index contributed by atoms with van der Waals surface area (Å²) in [5.41, 5.74) is 0.344. The zero-order chi connectivity index (χ0) is 32.6. The van der Waals surface area contributed by atoms with Crippen LogP contribution < -0.4 is 20.7 Å². The summed E-state index contributed by atoms with van der Waals surface area (Å²) in [6.45, 7) is 5.33. The lowest BCUT2D eigenvalue weighted by atomic mass is 9.89. The molecular formula is C32H46N4O9. The highest BCUT2D eigenvalue weighted by atomic mass is 16.6. The maximum Gasteiger partial charge on any atom is 0.246 e. The lowest BCUT2D eigenvalue weighted by Crippen LogP contribution is -2.60. The van der Waals surface area contributed by atoms with E-state index in [1.165, 1.54) is 14.0 Å². The Hall–Kier alpha value is -3.36. The fourth-order valence-electron chi connectivity index (χ4n) is 5.55. The Kier molecular flexibility index (Phi) is 12.1. The van der Waals surface area contributed by atoms with Gasteiger partial charge in [-0.2, -0.15) is 0 Å². The lowest BCUT2D eigenvalue weighted by molar-refractivity contribution is -0.138. The van der Waals surface area contributed by atoms with Gasteiger partial charge in [-0.15, -0.1) is 0 Å². The monoisotopic (exact) mass is 630 g/mol. The number of carbonyl (C=O) groups excluding carboxylic acids is 4. The predicted octanol–water partition coefficient (Wildman–Crippen LogP) is 0.145. The second kappa shape index (κ2) is 15.8. The first-order valence-corrected chi connectivity index (χ1v) is 15.6. The van der Waals surface area contributed by atoms with Crippen LogP contribution in [0.25, 0.3) is 0 Å². The number of methoxy groups -OCH3 is 1. The number of ketones is 1. The predicted molar refractivity (Wildman–Crippen MR) is 163 cm³/mol. The molecule has 4 rings (SSSR count). The summed E-state index contributed by atoms with van der Waals surface area (Å²) < 4.78 is 15.9. The summed E-state index contributed by atoms with van der Waals surface area (Å²) in [6.07, 6.45) is 3.26. The van der Waals surface area contributed by atoms with Gasteiger partial charge in [0, 0.05) is 13.1 Å². The van der Waals surface area contributed by atoms with Crippen molar-refractivity contribution < 1.29 is 43.6 Å². The fraction of sp³-hybridized carbons (Fsp3) is 0.625. The molecule has 5 N–H and O–H groups in total. The Labute approximate surface area is 263 Å². The Bertz CT molecular complexity index is 1230. The number of carbonyl (C=O) groups is 4. The number of Topliss-reactive ketones (excluding diaryl/α,β-unsaturated/α-hetero) is 1. The number of epoxide rings is 1. The van der Waals surface area contributed by atoms with Crippen LogP contribution in [0.15, 0.2) is 35.9 Å². The third-order valence-corrected chi connectivity index (χ3v) is 8.49. The molecule has 3 amide bonds. The molecule has 1 aromatic carbocycles. The average molecular weight is 631 g/mol. The number of aliphatic hydroxyl groups is 2. The van der Waals surface area contributed by atoms with Crippen LogP contribution in [-0.2, 0) is 28.7 Å². The van der Waals surface area contributed by atoms with Gasteiger partial charge in [0.25, 0.3) is 0 Å². The van der Waals surface area contributed by atoms with Crippen molar-refractivity contribution in [1.82, 2.24) is 20.9 Å². The third kappa shape index (κ3) is 9.57. The molecule has 2 aliphatic heterocycles. The minimum absolute atomic E-state index is 0.00126.